The van der Waals surface area contributed by atoms with Crippen LogP contribution in [0.1, 0.15) is 51.3 Å². The van der Waals surface area contributed by atoms with Crippen molar-refractivity contribution in [2.24, 2.45) is 11.7 Å². The van der Waals surface area contributed by atoms with Crippen molar-refractivity contribution in [3.05, 3.63) is 18.0 Å². The maximum atomic E-state index is 12.0. The summed E-state index contributed by atoms with van der Waals surface area (Å²) in [6, 6.07) is 2.42. The molecule has 1 aliphatic carbocycles. The Morgan fingerprint density at radius 3 is 2.78 bits per heavy atom. The zero-order valence-corrected chi connectivity index (χ0v) is 11.3. The van der Waals surface area contributed by atoms with Crippen molar-refractivity contribution >= 4 is 5.78 Å². The summed E-state index contributed by atoms with van der Waals surface area (Å²) in [6.07, 6.45) is 7.43. The van der Waals surface area contributed by atoms with Crippen molar-refractivity contribution < 1.29 is 4.79 Å². The van der Waals surface area contributed by atoms with Gasteiger partial charge in [-0.2, -0.15) is 5.10 Å². The number of nitrogens with zero attached hydrogens (tertiary/aromatic N) is 2. The molecule has 0 bridgehead atoms. The second-order valence-corrected chi connectivity index (χ2v) is 5.52. The molecule has 2 N–H and O–H groups in total. The quantitative estimate of drug-likeness (QED) is 0.869. The average molecular weight is 249 g/mol. The lowest BCUT2D eigenvalue weighted by molar-refractivity contribution is -0.122. The van der Waals surface area contributed by atoms with E-state index in [-0.39, 0.29) is 17.7 Å². The lowest BCUT2D eigenvalue weighted by Crippen LogP contribution is -2.31. The van der Waals surface area contributed by atoms with Crippen molar-refractivity contribution in [1.82, 2.24) is 9.78 Å². The second-order valence-electron chi connectivity index (χ2n) is 5.52. The molecule has 4 nitrogen and oxygen atoms in total. The molecule has 0 radical (unpaired) electrons. The van der Waals surface area contributed by atoms with Crippen LogP contribution in [0, 0.1) is 5.92 Å². The largest absolute Gasteiger partial charge is 0.327 e. The van der Waals surface area contributed by atoms with E-state index in [0.29, 0.717) is 12.5 Å². The van der Waals surface area contributed by atoms with Gasteiger partial charge in [0.05, 0.1) is 18.2 Å². The highest BCUT2D eigenvalue weighted by Gasteiger charge is 2.20. The van der Waals surface area contributed by atoms with Crippen molar-refractivity contribution in [1.29, 1.82) is 0 Å². The van der Waals surface area contributed by atoms with Crippen LogP contribution < -0.4 is 5.73 Å². The van der Waals surface area contributed by atoms with Crippen LogP contribution in [0.2, 0.25) is 0 Å². The van der Waals surface area contributed by atoms with Gasteiger partial charge in [0.25, 0.3) is 0 Å². The van der Waals surface area contributed by atoms with Crippen LogP contribution in [0.5, 0.6) is 0 Å². The number of rotatable bonds is 5. The zero-order chi connectivity index (χ0) is 13.1. The molecule has 0 amide bonds. The Labute approximate surface area is 109 Å². The van der Waals surface area contributed by atoms with E-state index in [0.717, 1.165) is 5.69 Å². The lowest BCUT2D eigenvalue weighted by Gasteiger charge is -2.13. The van der Waals surface area contributed by atoms with Crippen LogP contribution in [0.15, 0.2) is 12.3 Å². The number of carbonyl (C=O) groups excluding carboxylic acids is 1. The third-order valence-corrected chi connectivity index (χ3v) is 4.01. The summed E-state index contributed by atoms with van der Waals surface area (Å²) in [4.78, 5) is 12.0. The van der Waals surface area contributed by atoms with Gasteiger partial charge in [-0.1, -0.05) is 19.8 Å². The Morgan fingerprint density at radius 1 is 1.50 bits per heavy atom. The van der Waals surface area contributed by atoms with Crippen LogP contribution >= 0.6 is 0 Å². The average Bonchev–Trinajstić information content (AvgIpc) is 2.96. The maximum absolute atomic E-state index is 12.0. The Balaban J connectivity index is 1.96. The molecule has 0 aliphatic heterocycles. The molecule has 1 aliphatic rings. The molecule has 2 atom stereocenters. The predicted molar refractivity (Wildman–Crippen MR) is 71.3 cm³/mol. The van der Waals surface area contributed by atoms with Gasteiger partial charge in [0, 0.05) is 18.2 Å². The van der Waals surface area contributed by atoms with Gasteiger partial charge in [-0.05, 0) is 25.8 Å². The minimum atomic E-state index is -0.0957. The van der Waals surface area contributed by atoms with Crippen molar-refractivity contribution in [3.63, 3.8) is 0 Å². The molecule has 1 aromatic heterocycles. The molecule has 0 aromatic carbocycles. The highest BCUT2D eigenvalue weighted by Crippen LogP contribution is 2.28. The number of hydrogen-bond donors (Lipinski definition) is 1. The van der Waals surface area contributed by atoms with E-state index in [9.17, 15) is 4.79 Å². The summed E-state index contributed by atoms with van der Waals surface area (Å²) in [5, 5.41) is 4.53. The van der Waals surface area contributed by atoms with Crippen molar-refractivity contribution in [2.75, 3.05) is 0 Å². The second kappa shape index (κ2) is 5.65. The molecule has 0 spiro atoms. The Morgan fingerprint density at radius 2 is 2.17 bits per heavy atom. The van der Waals surface area contributed by atoms with Crippen molar-refractivity contribution in [2.45, 2.75) is 58.0 Å². The van der Waals surface area contributed by atoms with Crippen LogP contribution in [0.3, 0.4) is 0 Å². The first-order valence-corrected chi connectivity index (χ1v) is 6.90. The van der Waals surface area contributed by atoms with Gasteiger partial charge >= 0.3 is 0 Å². The van der Waals surface area contributed by atoms with Gasteiger partial charge in [0.2, 0.25) is 0 Å². The molecule has 18 heavy (non-hydrogen) atoms. The molecular formula is C14H23N3O. The summed E-state index contributed by atoms with van der Waals surface area (Å²) >= 11 is 0. The van der Waals surface area contributed by atoms with E-state index in [2.05, 4.69) is 5.10 Å². The van der Waals surface area contributed by atoms with Crippen LogP contribution in [0.4, 0.5) is 0 Å². The first-order valence-electron chi connectivity index (χ1n) is 6.90. The van der Waals surface area contributed by atoms with Gasteiger partial charge in [0.15, 0.2) is 0 Å². The van der Waals surface area contributed by atoms with Gasteiger partial charge in [-0.3, -0.25) is 9.48 Å². The molecule has 1 saturated carbocycles. The van der Waals surface area contributed by atoms with E-state index in [1.807, 2.05) is 30.8 Å². The number of hydrogen-bond acceptors (Lipinski definition) is 3. The fourth-order valence-corrected chi connectivity index (χ4v) is 2.48. The highest BCUT2D eigenvalue weighted by molar-refractivity contribution is 5.83. The number of ketones is 1. The lowest BCUT2D eigenvalue weighted by atomic mass is 9.96. The number of nitrogens with two attached hydrogens (primary N) is 1. The zero-order valence-electron chi connectivity index (χ0n) is 11.3. The summed E-state index contributed by atoms with van der Waals surface area (Å²) in [7, 11) is 0. The number of carbonyl (C=O) groups is 1. The summed E-state index contributed by atoms with van der Waals surface area (Å²) < 4.78 is 2.03. The van der Waals surface area contributed by atoms with Crippen LogP contribution in [-0.2, 0) is 11.2 Å². The normalized spacial score (nSPS) is 19.9. The summed E-state index contributed by atoms with van der Waals surface area (Å²) in [5.74, 6) is 0.0864. The Hall–Kier alpha value is -1.16. The molecule has 0 saturated heterocycles. The smallest absolute Gasteiger partial charge is 0.143 e. The number of aromatic nitrogens is 2. The van der Waals surface area contributed by atoms with Gasteiger partial charge in [0.1, 0.15) is 5.78 Å². The summed E-state index contributed by atoms with van der Waals surface area (Å²) in [6.45, 7) is 3.76. The summed E-state index contributed by atoms with van der Waals surface area (Å²) in [5.41, 5.74) is 6.62. The molecular weight excluding hydrogens is 226 g/mol. The molecule has 4 heteroatoms. The first kappa shape index (κ1) is 13.3. The minimum absolute atomic E-state index is 0.0885. The SMILES string of the molecule is CC(N)C(C)C(=O)Cc1ccn(C2CCCC2)n1. The van der Waals surface area contributed by atoms with E-state index in [4.69, 9.17) is 5.73 Å². The molecule has 2 rings (SSSR count). The van der Waals surface area contributed by atoms with E-state index in [1.165, 1.54) is 25.7 Å². The van der Waals surface area contributed by atoms with Gasteiger partial charge in [-0.15, -0.1) is 0 Å². The highest BCUT2D eigenvalue weighted by atomic mass is 16.1. The minimum Gasteiger partial charge on any atom is -0.327 e. The third kappa shape index (κ3) is 2.99. The van der Waals surface area contributed by atoms with E-state index < -0.39 is 0 Å². The Kier molecular flexibility index (Phi) is 4.17. The molecule has 1 aromatic rings. The van der Waals surface area contributed by atoms with Crippen molar-refractivity contribution in [3.8, 4) is 0 Å². The fraction of sp³-hybridized carbons (Fsp3) is 0.714. The monoisotopic (exact) mass is 249 g/mol. The predicted octanol–water partition coefficient (Wildman–Crippen LogP) is 2.09. The topological polar surface area (TPSA) is 60.9 Å². The van der Waals surface area contributed by atoms with E-state index in [1.54, 1.807) is 0 Å². The molecule has 100 valence electrons. The molecule has 1 fully saturated rings. The third-order valence-electron chi connectivity index (χ3n) is 4.01. The fourth-order valence-electron chi connectivity index (χ4n) is 2.48. The number of Topliss-reactive ketones (excluding diaryl/α,β-unsaturated/α-hetero) is 1. The van der Waals surface area contributed by atoms with Crippen LogP contribution in [0.25, 0.3) is 0 Å². The maximum Gasteiger partial charge on any atom is 0.143 e. The van der Waals surface area contributed by atoms with Gasteiger partial charge < -0.3 is 5.73 Å². The first-order chi connectivity index (χ1) is 8.58. The molecule has 1 heterocycles. The van der Waals surface area contributed by atoms with Gasteiger partial charge in [-0.25, -0.2) is 0 Å². The van der Waals surface area contributed by atoms with Crippen LogP contribution in [-0.4, -0.2) is 21.6 Å². The van der Waals surface area contributed by atoms with E-state index >= 15 is 0 Å². The molecule has 2 unspecified atom stereocenters. The standard InChI is InChI=1S/C14H23N3O/c1-10(11(2)15)14(18)9-12-7-8-17(16-12)13-5-3-4-6-13/h7-8,10-11,13H,3-6,9,15H2,1-2H3. The Bertz CT molecular complexity index is 405.